The van der Waals surface area contributed by atoms with E-state index in [0.717, 1.165) is 43.0 Å². The lowest BCUT2D eigenvalue weighted by Gasteiger charge is -2.49. The van der Waals surface area contributed by atoms with Gasteiger partial charge in [-0.1, -0.05) is 13.8 Å². The third-order valence-corrected chi connectivity index (χ3v) is 9.74. The number of aromatic nitrogens is 4. The van der Waals surface area contributed by atoms with Gasteiger partial charge in [-0.05, 0) is 108 Å². The molecule has 5 unspecified atom stereocenters. The Labute approximate surface area is 178 Å². The summed E-state index contributed by atoms with van der Waals surface area (Å²) >= 11 is 0. The monoisotopic (exact) mass is 410 g/mol. The molecule has 6 heteroatoms. The molecule has 1 aliphatic heterocycles. The van der Waals surface area contributed by atoms with Crippen LogP contribution in [0.25, 0.3) is 0 Å². The zero-order valence-electron chi connectivity index (χ0n) is 18.5. The molecule has 30 heavy (non-hydrogen) atoms. The van der Waals surface area contributed by atoms with Crippen molar-refractivity contribution < 1.29 is 9.53 Å². The minimum absolute atomic E-state index is 0.179. The number of rotatable bonds is 3. The fourth-order valence-electron chi connectivity index (χ4n) is 8.15. The molecule has 0 aromatic carbocycles. The van der Waals surface area contributed by atoms with E-state index < -0.39 is 0 Å². The highest BCUT2D eigenvalue weighted by molar-refractivity contribution is 5.92. The molecule has 6 rings (SSSR count). The average molecular weight is 411 g/mol. The summed E-state index contributed by atoms with van der Waals surface area (Å²) in [6, 6.07) is 0. The lowest BCUT2D eigenvalue weighted by atomic mass is 9.53. The Kier molecular flexibility index (Phi) is 4.29. The standard InChI is InChI=1S/C24H34N4O2/c1-13(12-28-14(2)25-26-27-28)18-6-4-16-10-15(18)5-7-19-21(16)23-22(30-23)20-11-17(29)8-9-24(19,20)3/h11,13,15-16,18-19,21-23H,4-10,12H2,1-3H3/t13-,15?,16?,18?,19?,21?,22-,23+,24-/m1/s1. The number of tetrazole rings is 1. The number of aryl methyl sites for hydroxylation is 1. The summed E-state index contributed by atoms with van der Waals surface area (Å²) in [4.78, 5) is 12.2. The molecule has 3 saturated carbocycles. The molecule has 0 N–H and O–H groups in total. The predicted molar refractivity (Wildman–Crippen MR) is 111 cm³/mol. The summed E-state index contributed by atoms with van der Waals surface area (Å²) in [6.07, 6.45) is 11.0. The molecule has 2 bridgehead atoms. The van der Waals surface area contributed by atoms with Gasteiger partial charge in [-0.25, -0.2) is 4.68 Å². The van der Waals surface area contributed by atoms with Gasteiger partial charge in [-0.3, -0.25) is 4.79 Å². The van der Waals surface area contributed by atoms with E-state index in [4.69, 9.17) is 4.74 Å². The molecule has 0 spiro atoms. The number of fused-ring (bicyclic) bond motifs is 9. The maximum atomic E-state index is 12.2. The first-order chi connectivity index (χ1) is 14.5. The number of carbonyl (C=O) groups excluding carboxylic acids is 1. The van der Waals surface area contributed by atoms with Gasteiger partial charge in [0.25, 0.3) is 0 Å². The fraction of sp³-hybridized carbons (Fsp3) is 0.833. The molecule has 4 aliphatic carbocycles. The number of nitrogens with zero attached hydrogens (tertiary/aromatic N) is 4. The van der Waals surface area contributed by atoms with Crippen LogP contribution in [0.2, 0.25) is 0 Å². The Balaban J connectivity index is 1.25. The molecule has 4 fully saturated rings. The number of hydrogen-bond donors (Lipinski definition) is 0. The summed E-state index contributed by atoms with van der Waals surface area (Å²) in [5, 5.41) is 12.1. The minimum Gasteiger partial charge on any atom is -0.365 e. The van der Waals surface area contributed by atoms with E-state index in [1.807, 2.05) is 17.7 Å². The second-order valence-corrected chi connectivity index (χ2v) is 11.1. The van der Waals surface area contributed by atoms with Gasteiger partial charge in [-0.2, -0.15) is 0 Å². The normalized spacial score (nSPS) is 45.5. The van der Waals surface area contributed by atoms with E-state index in [0.29, 0.717) is 29.6 Å². The fourth-order valence-corrected chi connectivity index (χ4v) is 8.15. The van der Waals surface area contributed by atoms with Crippen molar-refractivity contribution in [2.75, 3.05) is 0 Å². The van der Waals surface area contributed by atoms with Gasteiger partial charge >= 0.3 is 0 Å². The van der Waals surface area contributed by atoms with Crippen molar-refractivity contribution in [2.24, 2.45) is 40.9 Å². The van der Waals surface area contributed by atoms with Crippen molar-refractivity contribution in [3.8, 4) is 0 Å². The summed E-state index contributed by atoms with van der Waals surface area (Å²) in [5.74, 6) is 5.58. The van der Waals surface area contributed by atoms with Gasteiger partial charge < -0.3 is 4.74 Å². The Morgan fingerprint density at radius 1 is 1.27 bits per heavy atom. The van der Waals surface area contributed by atoms with Crippen LogP contribution in [0.1, 0.15) is 64.6 Å². The molecule has 1 saturated heterocycles. The summed E-state index contributed by atoms with van der Waals surface area (Å²) < 4.78 is 8.27. The molecule has 1 aromatic rings. The minimum atomic E-state index is 0.179. The topological polar surface area (TPSA) is 73.2 Å². The Hall–Kier alpha value is -1.56. The van der Waals surface area contributed by atoms with Crippen LogP contribution in [0.5, 0.6) is 0 Å². The molecule has 2 heterocycles. The Morgan fingerprint density at radius 3 is 2.90 bits per heavy atom. The lowest BCUT2D eigenvalue weighted by Crippen LogP contribution is -2.47. The van der Waals surface area contributed by atoms with E-state index in [-0.39, 0.29) is 11.5 Å². The SMILES string of the molecule is Cc1nnnn1C[C@@H](C)C1CCC2CC1CCC1C2[C@@H]2O[C@@H]2C2=CC(=O)CC[C@@]21C. The second kappa shape index (κ2) is 6.72. The van der Waals surface area contributed by atoms with Gasteiger partial charge in [0, 0.05) is 13.0 Å². The number of hydrogen-bond acceptors (Lipinski definition) is 5. The number of ether oxygens (including phenoxy) is 1. The van der Waals surface area contributed by atoms with Crippen molar-refractivity contribution in [2.45, 2.75) is 84.5 Å². The maximum absolute atomic E-state index is 12.2. The van der Waals surface area contributed by atoms with E-state index in [9.17, 15) is 4.79 Å². The van der Waals surface area contributed by atoms with E-state index >= 15 is 0 Å². The zero-order valence-corrected chi connectivity index (χ0v) is 18.5. The Bertz CT molecular complexity index is 894. The van der Waals surface area contributed by atoms with Crippen LogP contribution in [0, 0.1) is 47.8 Å². The van der Waals surface area contributed by atoms with Crippen molar-refractivity contribution in [1.29, 1.82) is 0 Å². The van der Waals surface area contributed by atoms with Crippen LogP contribution in [-0.4, -0.2) is 38.2 Å². The molecule has 9 atom stereocenters. The summed E-state index contributed by atoms with van der Waals surface area (Å²) in [7, 11) is 0. The number of epoxide rings is 1. The maximum Gasteiger partial charge on any atom is 0.155 e. The molecule has 0 radical (unpaired) electrons. The molecule has 0 amide bonds. The number of allylic oxidation sites excluding steroid dienone is 1. The van der Waals surface area contributed by atoms with E-state index in [2.05, 4.69) is 29.4 Å². The number of ketones is 1. The smallest absolute Gasteiger partial charge is 0.155 e. The molecule has 162 valence electrons. The van der Waals surface area contributed by atoms with Crippen molar-refractivity contribution >= 4 is 5.78 Å². The zero-order chi connectivity index (χ0) is 20.6. The predicted octanol–water partition coefficient (Wildman–Crippen LogP) is 3.75. The molecule has 1 aromatic heterocycles. The van der Waals surface area contributed by atoms with Crippen LogP contribution in [0.15, 0.2) is 11.6 Å². The van der Waals surface area contributed by atoms with Crippen molar-refractivity contribution in [1.82, 2.24) is 20.2 Å². The van der Waals surface area contributed by atoms with Crippen LogP contribution in [0.3, 0.4) is 0 Å². The molecular formula is C24H34N4O2. The highest BCUT2D eigenvalue weighted by Gasteiger charge is 2.65. The Morgan fingerprint density at radius 2 is 2.10 bits per heavy atom. The van der Waals surface area contributed by atoms with Gasteiger partial charge in [0.2, 0.25) is 0 Å². The number of carbonyl (C=O) groups is 1. The summed E-state index contributed by atoms with van der Waals surface area (Å²) in [6.45, 7) is 7.78. The second-order valence-electron chi connectivity index (χ2n) is 11.1. The van der Waals surface area contributed by atoms with Crippen LogP contribution >= 0.6 is 0 Å². The third-order valence-electron chi connectivity index (χ3n) is 9.74. The van der Waals surface area contributed by atoms with Gasteiger partial charge in [0.15, 0.2) is 5.78 Å². The van der Waals surface area contributed by atoms with Gasteiger partial charge in [-0.15, -0.1) is 5.10 Å². The van der Waals surface area contributed by atoms with Gasteiger partial charge in [0.1, 0.15) is 11.9 Å². The van der Waals surface area contributed by atoms with Crippen LogP contribution < -0.4 is 0 Å². The van der Waals surface area contributed by atoms with E-state index in [1.165, 1.54) is 37.7 Å². The molecule has 5 aliphatic rings. The first kappa shape index (κ1) is 19.1. The van der Waals surface area contributed by atoms with Crippen LogP contribution in [0.4, 0.5) is 0 Å². The first-order valence-corrected chi connectivity index (χ1v) is 12.1. The summed E-state index contributed by atoms with van der Waals surface area (Å²) in [5.41, 5.74) is 1.53. The third kappa shape index (κ3) is 2.78. The van der Waals surface area contributed by atoms with E-state index in [1.54, 1.807) is 0 Å². The lowest BCUT2D eigenvalue weighted by molar-refractivity contribution is -0.116. The van der Waals surface area contributed by atoms with Crippen molar-refractivity contribution in [3.05, 3.63) is 17.5 Å². The van der Waals surface area contributed by atoms with Crippen molar-refractivity contribution in [3.63, 3.8) is 0 Å². The molecular weight excluding hydrogens is 376 g/mol. The first-order valence-electron chi connectivity index (χ1n) is 12.1. The highest BCUT2D eigenvalue weighted by atomic mass is 16.6. The average Bonchev–Trinajstić information content (AvgIpc) is 3.44. The quantitative estimate of drug-likeness (QED) is 0.710. The van der Waals surface area contributed by atoms with Gasteiger partial charge in [0.05, 0.1) is 6.10 Å². The highest BCUT2D eigenvalue weighted by Crippen LogP contribution is 2.65. The largest absolute Gasteiger partial charge is 0.365 e. The molecule has 6 nitrogen and oxygen atoms in total. The van der Waals surface area contributed by atoms with Crippen LogP contribution in [-0.2, 0) is 16.1 Å².